The summed E-state index contributed by atoms with van der Waals surface area (Å²) < 4.78 is 8.92. The molecule has 2 aliphatic heterocycles. The molecule has 0 saturated carbocycles. The number of para-hydroxylation sites is 3. The zero-order chi connectivity index (χ0) is 29.9. The molecule has 0 radical (unpaired) electrons. The first-order chi connectivity index (χ1) is 22.8. The summed E-state index contributed by atoms with van der Waals surface area (Å²) in [5.41, 5.74) is 15.6. The van der Waals surface area contributed by atoms with Gasteiger partial charge in [0.15, 0.2) is 0 Å². The molecule has 4 heteroatoms. The van der Waals surface area contributed by atoms with Gasteiger partial charge in [0, 0.05) is 44.0 Å². The molecule has 0 fully saturated rings. The van der Waals surface area contributed by atoms with Crippen LogP contribution in [0.5, 0.6) is 0 Å². The highest BCUT2D eigenvalue weighted by Crippen LogP contribution is 2.51. The van der Waals surface area contributed by atoms with E-state index in [4.69, 9.17) is 4.42 Å². The van der Waals surface area contributed by atoms with Crippen LogP contribution >= 0.6 is 0 Å². The number of furan rings is 1. The summed E-state index contributed by atoms with van der Waals surface area (Å²) in [6.45, 7) is 0.0443. The van der Waals surface area contributed by atoms with Gasteiger partial charge >= 0.3 is 6.85 Å². The molecule has 0 aliphatic carbocycles. The van der Waals surface area contributed by atoms with Gasteiger partial charge in [-0.05, 0) is 58.5 Å². The Kier molecular flexibility index (Phi) is 4.66. The quantitative estimate of drug-likeness (QED) is 0.179. The minimum atomic E-state index is 0.0443. The highest BCUT2D eigenvalue weighted by Gasteiger charge is 2.43. The van der Waals surface area contributed by atoms with Gasteiger partial charge in [0.2, 0.25) is 0 Å². The SMILES string of the molecule is c1ccc(-n2c3cc4c(cc3c3ccc5c(c32)N2B(c3ccccc3-c3ccccc32)c2ccccc2-5)oc2ccccc24)cc1. The molecular weight excluding hydrogens is 559 g/mol. The average molecular weight is 584 g/mol. The lowest BCUT2D eigenvalue weighted by atomic mass is 9.43. The Hall–Kier alpha value is -6.00. The van der Waals surface area contributed by atoms with E-state index in [9.17, 15) is 0 Å². The lowest BCUT2D eigenvalue weighted by Gasteiger charge is -2.43. The van der Waals surface area contributed by atoms with Crippen LogP contribution in [-0.2, 0) is 0 Å². The molecule has 11 rings (SSSR count). The van der Waals surface area contributed by atoms with E-state index in [0.717, 1.165) is 27.6 Å². The monoisotopic (exact) mass is 584 g/mol. The zero-order valence-corrected chi connectivity index (χ0v) is 24.8. The molecule has 0 spiro atoms. The maximum absolute atomic E-state index is 6.44. The van der Waals surface area contributed by atoms with E-state index >= 15 is 0 Å². The molecule has 0 bridgehead atoms. The van der Waals surface area contributed by atoms with Crippen LogP contribution in [0.15, 0.2) is 156 Å². The molecule has 2 aliphatic rings. The summed E-state index contributed by atoms with van der Waals surface area (Å²) in [5, 5.41) is 4.68. The molecule has 46 heavy (non-hydrogen) atoms. The molecule has 0 atom stereocenters. The zero-order valence-electron chi connectivity index (χ0n) is 24.8. The van der Waals surface area contributed by atoms with Crippen molar-refractivity contribution in [2.45, 2.75) is 0 Å². The minimum Gasteiger partial charge on any atom is -0.456 e. The Morgan fingerprint density at radius 1 is 0.457 bits per heavy atom. The van der Waals surface area contributed by atoms with E-state index in [1.54, 1.807) is 0 Å². The maximum atomic E-state index is 6.44. The normalized spacial score (nSPS) is 13.1. The van der Waals surface area contributed by atoms with Crippen LogP contribution in [-0.4, -0.2) is 11.4 Å². The fraction of sp³-hybridized carbons (Fsp3) is 0. The van der Waals surface area contributed by atoms with Crippen LogP contribution in [0, 0.1) is 0 Å². The molecule has 212 valence electrons. The Morgan fingerprint density at radius 3 is 1.96 bits per heavy atom. The van der Waals surface area contributed by atoms with Crippen molar-refractivity contribution in [3.05, 3.63) is 152 Å². The van der Waals surface area contributed by atoms with Crippen molar-refractivity contribution in [1.29, 1.82) is 0 Å². The summed E-state index contributed by atoms with van der Waals surface area (Å²) >= 11 is 0. The molecule has 3 nitrogen and oxygen atoms in total. The first-order valence-electron chi connectivity index (χ1n) is 15.9. The van der Waals surface area contributed by atoms with Crippen LogP contribution in [0.25, 0.3) is 71.7 Å². The van der Waals surface area contributed by atoms with Crippen molar-refractivity contribution in [3.63, 3.8) is 0 Å². The largest absolute Gasteiger partial charge is 0.456 e. The van der Waals surface area contributed by atoms with Gasteiger partial charge in [0.25, 0.3) is 0 Å². The van der Waals surface area contributed by atoms with Crippen LogP contribution in [0.1, 0.15) is 0 Å². The first-order valence-corrected chi connectivity index (χ1v) is 15.9. The Balaban J connectivity index is 1.35. The molecule has 9 aromatic rings. The third kappa shape index (κ3) is 3.03. The minimum absolute atomic E-state index is 0.0443. The summed E-state index contributed by atoms with van der Waals surface area (Å²) in [6.07, 6.45) is 0. The predicted molar refractivity (Wildman–Crippen MR) is 193 cm³/mol. The second kappa shape index (κ2) is 8.80. The third-order valence-electron chi connectivity index (χ3n) is 10.2. The Bertz CT molecular complexity index is 2720. The summed E-state index contributed by atoms with van der Waals surface area (Å²) in [6, 6.07) is 55.3. The van der Waals surface area contributed by atoms with E-state index in [2.05, 4.69) is 155 Å². The topological polar surface area (TPSA) is 21.3 Å². The van der Waals surface area contributed by atoms with Crippen molar-refractivity contribution in [2.75, 3.05) is 4.81 Å². The van der Waals surface area contributed by atoms with Gasteiger partial charge in [-0.1, -0.05) is 115 Å². The van der Waals surface area contributed by atoms with E-state index < -0.39 is 0 Å². The maximum Gasteiger partial charge on any atom is 0.329 e. The van der Waals surface area contributed by atoms with Gasteiger partial charge in [-0.15, -0.1) is 0 Å². The number of nitrogens with zero attached hydrogens (tertiary/aromatic N) is 2. The molecular formula is C42H25BN2O. The first kappa shape index (κ1) is 24.3. The van der Waals surface area contributed by atoms with E-state index in [-0.39, 0.29) is 6.85 Å². The second-order valence-electron chi connectivity index (χ2n) is 12.5. The summed E-state index contributed by atoms with van der Waals surface area (Å²) in [4.78, 5) is 2.62. The lowest BCUT2D eigenvalue weighted by molar-refractivity contribution is 0.669. The highest BCUT2D eigenvalue weighted by molar-refractivity contribution is 6.92. The van der Waals surface area contributed by atoms with Crippen LogP contribution in [0.3, 0.4) is 0 Å². The van der Waals surface area contributed by atoms with Crippen molar-refractivity contribution in [1.82, 2.24) is 4.57 Å². The number of benzene rings is 7. The third-order valence-corrected chi connectivity index (χ3v) is 10.2. The molecule has 0 unspecified atom stereocenters. The fourth-order valence-corrected chi connectivity index (χ4v) is 8.32. The summed E-state index contributed by atoms with van der Waals surface area (Å²) in [5.74, 6) is 0. The number of rotatable bonds is 1. The standard InChI is InChI=1S/C42H25BN2O/c1-2-12-26(13-3-1)44-38-24-34-30-17-7-11-21-39(30)46-40(34)25-33(38)32-23-22-31-28-15-5-9-19-36(28)43-35-18-8-4-14-27(35)29-16-6-10-20-37(29)45(43)42(31)41(32)44/h1-25H. The van der Waals surface area contributed by atoms with E-state index in [0.29, 0.717) is 0 Å². The van der Waals surface area contributed by atoms with Crippen molar-refractivity contribution in [2.24, 2.45) is 0 Å². The number of fused-ring (bicyclic) bond motifs is 18. The van der Waals surface area contributed by atoms with Crippen LogP contribution < -0.4 is 15.7 Å². The van der Waals surface area contributed by atoms with Gasteiger partial charge < -0.3 is 13.8 Å². The molecule has 7 aromatic carbocycles. The van der Waals surface area contributed by atoms with Gasteiger partial charge in [0.1, 0.15) is 11.2 Å². The molecule has 0 N–H and O–H groups in total. The molecule has 2 aromatic heterocycles. The smallest absolute Gasteiger partial charge is 0.329 e. The number of hydrogen-bond acceptors (Lipinski definition) is 2. The van der Waals surface area contributed by atoms with E-state index in [1.807, 2.05) is 6.07 Å². The summed E-state index contributed by atoms with van der Waals surface area (Å²) in [7, 11) is 0. The van der Waals surface area contributed by atoms with Gasteiger partial charge in [-0.25, -0.2) is 0 Å². The molecule has 0 amide bonds. The molecule has 4 heterocycles. The van der Waals surface area contributed by atoms with Gasteiger partial charge in [-0.2, -0.15) is 0 Å². The predicted octanol–water partition coefficient (Wildman–Crippen LogP) is 9.59. The van der Waals surface area contributed by atoms with Gasteiger partial charge in [0.05, 0.1) is 16.7 Å². The van der Waals surface area contributed by atoms with E-state index in [1.165, 1.54) is 66.4 Å². The van der Waals surface area contributed by atoms with Crippen molar-refractivity contribution >= 4 is 72.9 Å². The average Bonchev–Trinajstić information content (AvgIpc) is 3.65. The fourth-order valence-electron chi connectivity index (χ4n) is 8.32. The molecule has 0 saturated heterocycles. The number of aromatic nitrogens is 1. The van der Waals surface area contributed by atoms with Gasteiger partial charge in [-0.3, -0.25) is 0 Å². The van der Waals surface area contributed by atoms with Crippen LogP contribution in [0.4, 0.5) is 11.4 Å². The number of anilines is 2. The number of hydrogen-bond donors (Lipinski definition) is 0. The van der Waals surface area contributed by atoms with Crippen molar-refractivity contribution in [3.8, 4) is 27.9 Å². The van der Waals surface area contributed by atoms with Crippen molar-refractivity contribution < 1.29 is 4.42 Å². The second-order valence-corrected chi connectivity index (χ2v) is 12.5. The lowest BCUT2D eigenvalue weighted by Crippen LogP contribution is -2.59. The Labute approximate surface area is 265 Å². The van der Waals surface area contributed by atoms with Crippen LogP contribution in [0.2, 0.25) is 0 Å². The Morgan fingerprint density at radius 2 is 1.13 bits per heavy atom. The highest BCUT2D eigenvalue weighted by atomic mass is 16.3.